The molecule has 4 N–H and O–H groups in total. The fourth-order valence-corrected chi connectivity index (χ4v) is 6.43. The van der Waals surface area contributed by atoms with E-state index in [1.165, 1.54) is 89.9 Å². The summed E-state index contributed by atoms with van der Waals surface area (Å²) >= 11 is 0. The van der Waals surface area contributed by atoms with Gasteiger partial charge in [0.1, 0.15) is 12.1 Å². The van der Waals surface area contributed by atoms with Crippen molar-refractivity contribution >= 4 is 17.8 Å². The summed E-state index contributed by atoms with van der Waals surface area (Å²) in [4.78, 5) is 36.2. The molecule has 54 heavy (non-hydrogen) atoms. The van der Waals surface area contributed by atoms with Crippen LogP contribution in [0.25, 0.3) is 0 Å². The molecule has 7 heteroatoms. The zero-order valence-electron chi connectivity index (χ0n) is 35.1. The molecule has 1 amide bonds. The molecule has 0 spiro atoms. The molecule has 312 valence electrons. The van der Waals surface area contributed by atoms with E-state index in [-0.39, 0.29) is 18.0 Å². The first-order chi connectivity index (χ1) is 26.4. The predicted octanol–water partition coefficient (Wildman–Crippen LogP) is 12.8. The molecule has 0 bridgehead atoms. The Balaban J connectivity index is 4.23. The Morgan fingerprint density at radius 1 is 0.556 bits per heavy atom. The summed E-state index contributed by atoms with van der Waals surface area (Å²) in [5.74, 6) is -1.28. The molecular formula is C47H84N2O5. The number of unbranched alkanes of at least 4 members (excludes halogenated alkanes) is 20. The van der Waals surface area contributed by atoms with Crippen LogP contribution in [0.2, 0.25) is 0 Å². The first-order valence-electron chi connectivity index (χ1n) is 22.5. The quantitative estimate of drug-likeness (QED) is 0.0325. The molecule has 0 saturated heterocycles. The van der Waals surface area contributed by atoms with E-state index in [2.05, 4.69) is 67.8 Å². The van der Waals surface area contributed by atoms with Gasteiger partial charge in [0.25, 0.3) is 0 Å². The molecule has 0 aromatic carbocycles. The lowest BCUT2D eigenvalue weighted by Crippen LogP contribution is -2.40. The molecule has 0 rings (SSSR count). The van der Waals surface area contributed by atoms with Crippen molar-refractivity contribution in [2.45, 2.75) is 225 Å². The van der Waals surface area contributed by atoms with E-state index in [0.29, 0.717) is 32.2 Å². The van der Waals surface area contributed by atoms with Crippen molar-refractivity contribution in [1.29, 1.82) is 0 Å². The van der Waals surface area contributed by atoms with Crippen LogP contribution in [0, 0.1) is 0 Å². The zero-order valence-corrected chi connectivity index (χ0v) is 35.1. The van der Waals surface area contributed by atoms with Gasteiger partial charge in [0, 0.05) is 12.8 Å². The molecule has 7 nitrogen and oxygen atoms in total. The fraction of sp³-hybridized carbons (Fsp3) is 0.766. The molecule has 0 fully saturated rings. The molecular weight excluding hydrogens is 673 g/mol. The van der Waals surface area contributed by atoms with Crippen LogP contribution in [0.3, 0.4) is 0 Å². The average molecular weight is 757 g/mol. The number of allylic oxidation sites excluding steroid dienone is 7. The van der Waals surface area contributed by atoms with Crippen LogP contribution in [-0.4, -0.2) is 41.6 Å². The van der Waals surface area contributed by atoms with Crippen molar-refractivity contribution in [3.63, 3.8) is 0 Å². The fourth-order valence-electron chi connectivity index (χ4n) is 6.43. The lowest BCUT2D eigenvalue weighted by Gasteiger charge is -2.15. The minimum atomic E-state index is -1.01. The van der Waals surface area contributed by atoms with Crippen molar-refractivity contribution in [2.24, 2.45) is 5.73 Å². The van der Waals surface area contributed by atoms with E-state index < -0.39 is 12.0 Å². The van der Waals surface area contributed by atoms with Gasteiger partial charge in [0.2, 0.25) is 5.91 Å². The van der Waals surface area contributed by atoms with Gasteiger partial charge in [0.15, 0.2) is 0 Å². The van der Waals surface area contributed by atoms with Crippen molar-refractivity contribution in [3.05, 3.63) is 48.6 Å². The molecule has 0 radical (unpaired) electrons. The highest BCUT2D eigenvalue weighted by Gasteiger charge is 2.18. The Hall–Kier alpha value is -2.67. The van der Waals surface area contributed by atoms with Crippen molar-refractivity contribution in [3.8, 4) is 0 Å². The second-order valence-corrected chi connectivity index (χ2v) is 15.1. The van der Waals surface area contributed by atoms with Crippen molar-refractivity contribution < 1.29 is 24.2 Å². The molecule has 0 aliphatic carbocycles. The third-order valence-electron chi connectivity index (χ3n) is 9.85. The Morgan fingerprint density at radius 3 is 1.59 bits per heavy atom. The number of carbonyl (C=O) groups is 3. The molecule has 0 aliphatic rings. The van der Waals surface area contributed by atoms with Gasteiger partial charge in [-0.25, -0.2) is 4.79 Å². The van der Waals surface area contributed by atoms with Crippen LogP contribution in [0.1, 0.15) is 213 Å². The highest BCUT2D eigenvalue weighted by molar-refractivity contribution is 5.83. The Morgan fingerprint density at radius 2 is 1.02 bits per heavy atom. The van der Waals surface area contributed by atoms with E-state index >= 15 is 0 Å². The normalized spacial score (nSPS) is 13.1. The number of esters is 1. The van der Waals surface area contributed by atoms with Crippen LogP contribution in [0.5, 0.6) is 0 Å². The molecule has 2 atom stereocenters. The van der Waals surface area contributed by atoms with Gasteiger partial charge in [-0.15, -0.1) is 0 Å². The number of nitrogens with one attached hydrogen (secondary N) is 1. The SMILES string of the molecule is CCCCC/C=C\C/C=C\C/C=C\CCCCCCCCC(=O)OC(/C=C\CCCCCCCC)CCCCCCCCC(=O)NC(CCCN)C(=O)O. The van der Waals surface area contributed by atoms with Gasteiger partial charge in [-0.1, -0.05) is 153 Å². The standard InChI is InChI=1S/C47H84N2O5/c1-3-5-7-9-11-13-14-15-16-17-18-19-20-21-22-23-25-31-35-41-46(51)54-43(37-32-28-24-12-10-8-6-4-2)38-33-29-26-27-30-34-40-45(50)49-44(47(52)53)39-36-42-48/h11,13,15-16,18-19,32,37,43-44H,3-10,12,14,17,20-31,33-36,38-42,48H2,1-2H3,(H,49,50)(H,52,53)/b13-11-,16-15-,19-18-,37-32-. The van der Waals surface area contributed by atoms with Gasteiger partial charge in [-0.3, -0.25) is 9.59 Å². The number of carboxylic acid groups (broad SMARTS) is 1. The van der Waals surface area contributed by atoms with Gasteiger partial charge in [-0.2, -0.15) is 0 Å². The number of hydrogen-bond donors (Lipinski definition) is 3. The smallest absolute Gasteiger partial charge is 0.326 e. The van der Waals surface area contributed by atoms with E-state index in [0.717, 1.165) is 83.5 Å². The van der Waals surface area contributed by atoms with Gasteiger partial charge in [-0.05, 0) is 103 Å². The van der Waals surface area contributed by atoms with E-state index in [4.69, 9.17) is 10.5 Å². The maximum Gasteiger partial charge on any atom is 0.326 e. The summed E-state index contributed by atoms with van der Waals surface area (Å²) in [7, 11) is 0. The van der Waals surface area contributed by atoms with Crippen LogP contribution in [0.4, 0.5) is 0 Å². The third kappa shape index (κ3) is 37.6. The predicted molar refractivity (Wildman–Crippen MR) is 230 cm³/mol. The number of aliphatic carboxylic acids is 1. The molecule has 0 aliphatic heterocycles. The monoisotopic (exact) mass is 757 g/mol. The zero-order chi connectivity index (χ0) is 39.6. The summed E-state index contributed by atoms with van der Waals surface area (Å²) in [6.45, 7) is 4.90. The van der Waals surface area contributed by atoms with Crippen LogP contribution in [-0.2, 0) is 19.1 Å². The second-order valence-electron chi connectivity index (χ2n) is 15.1. The summed E-state index contributed by atoms with van der Waals surface area (Å²) in [6, 6.07) is -0.855. The molecule has 2 unspecified atom stereocenters. The molecule has 0 aromatic rings. The third-order valence-corrected chi connectivity index (χ3v) is 9.85. The Labute approximate surface area is 332 Å². The first-order valence-corrected chi connectivity index (χ1v) is 22.5. The van der Waals surface area contributed by atoms with Crippen molar-refractivity contribution in [1.82, 2.24) is 5.32 Å². The number of nitrogens with two attached hydrogens (primary N) is 1. The Bertz CT molecular complexity index is 989. The Kier molecular flexibility index (Phi) is 39.4. The number of carbonyl (C=O) groups excluding carboxylic acids is 2. The van der Waals surface area contributed by atoms with Crippen molar-refractivity contribution in [2.75, 3.05) is 6.54 Å². The van der Waals surface area contributed by atoms with Gasteiger partial charge < -0.3 is 20.9 Å². The highest BCUT2D eigenvalue weighted by Crippen LogP contribution is 2.16. The van der Waals surface area contributed by atoms with Crippen LogP contribution >= 0.6 is 0 Å². The summed E-state index contributed by atoms with van der Waals surface area (Å²) < 4.78 is 5.96. The average Bonchev–Trinajstić information content (AvgIpc) is 3.16. The number of amides is 1. The lowest BCUT2D eigenvalue weighted by atomic mass is 10.0. The van der Waals surface area contributed by atoms with Crippen LogP contribution in [0.15, 0.2) is 48.6 Å². The number of rotatable bonds is 40. The topological polar surface area (TPSA) is 119 Å². The first kappa shape index (κ1) is 51.3. The lowest BCUT2D eigenvalue weighted by molar-refractivity contribution is -0.147. The van der Waals surface area contributed by atoms with Gasteiger partial charge >= 0.3 is 11.9 Å². The maximum atomic E-state index is 12.7. The van der Waals surface area contributed by atoms with Crippen LogP contribution < -0.4 is 11.1 Å². The largest absolute Gasteiger partial charge is 0.480 e. The van der Waals surface area contributed by atoms with E-state index in [9.17, 15) is 19.5 Å². The summed E-state index contributed by atoms with van der Waals surface area (Å²) in [5.41, 5.74) is 5.47. The number of hydrogen-bond acceptors (Lipinski definition) is 5. The molecule has 0 heterocycles. The van der Waals surface area contributed by atoms with E-state index in [1.807, 2.05) is 0 Å². The summed E-state index contributed by atoms with van der Waals surface area (Å²) in [5, 5.41) is 11.9. The highest BCUT2D eigenvalue weighted by atomic mass is 16.5. The minimum absolute atomic E-state index is 0.0714. The van der Waals surface area contributed by atoms with Gasteiger partial charge in [0.05, 0.1) is 0 Å². The maximum absolute atomic E-state index is 12.7. The molecule has 0 aromatic heterocycles. The number of ether oxygens (including phenoxy) is 1. The summed E-state index contributed by atoms with van der Waals surface area (Å²) in [6.07, 6.45) is 50.3. The van der Waals surface area contributed by atoms with E-state index in [1.54, 1.807) is 0 Å². The number of carboxylic acids is 1. The molecule has 0 saturated carbocycles. The minimum Gasteiger partial charge on any atom is -0.480 e. The second kappa shape index (κ2) is 41.5.